The Bertz CT molecular complexity index is 1200. The number of unbranched alkanes of at least 4 members (excludes halogenated alkanes) is 4. The Morgan fingerprint density at radius 2 is 1.90 bits per heavy atom. The molecule has 40 heavy (non-hydrogen) atoms. The van der Waals surface area contributed by atoms with Gasteiger partial charge in [0.1, 0.15) is 5.82 Å². The van der Waals surface area contributed by atoms with E-state index in [2.05, 4.69) is 44.0 Å². The van der Waals surface area contributed by atoms with Crippen molar-refractivity contribution in [3.8, 4) is 0 Å². The van der Waals surface area contributed by atoms with Crippen molar-refractivity contribution in [2.75, 3.05) is 26.7 Å². The molecule has 4 rings (SSSR count). The zero-order valence-corrected chi connectivity index (χ0v) is 25.1. The van der Waals surface area contributed by atoms with E-state index in [0.29, 0.717) is 25.5 Å². The number of carbonyl (C=O) groups is 1. The van der Waals surface area contributed by atoms with Crippen LogP contribution in [-0.4, -0.2) is 53.8 Å². The smallest absolute Gasteiger partial charge is 0.332 e. The van der Waals surface area contributed by atoms with E-state index in [0.717, 1.165) is 43.3 Å². The van der Waals surface area contributed by atoms with E-state index in [4.69, 9.17) is 9.72 Å². The molecule has 1 aliphatic carbocycles. The monoisotopic (exact) mass is 568 g/mol. The van der Waals surface area contributed by atoms with E-state index in [1.54, 1.807) is 6.07 Å². The van der Waals surface area contributed by atoms with Crippen LogP contribution >= 0.6 is 11.3 Å². The Morgan fingerprint density at radius 3 is 2.67 bits per heavy atom. The second kappa shape index (κ2) is 15.0. The third-order valence-electron chi connectivity index (χ3n) is 8.30. The number of hydrogen-bond acceptors (Lipinski definition) is 5. The minimum atomic E-state index is -0.888. The number of fused-ring (bicyclic) bond motifs is 2. The highest BCUT2D eigenvalue weighted by atomic mass is 32.1. The van der Waals surface area contributed by atoms with Gasteiger partial charge in [-0.15, -0.1) is 11.3 Å². The van der Waals surface area contributed by atoms with Gasteiger partial charge in [-0.2, -0.15) is 0 Å². The molecule has 0 saturated carbocycles. The molecule has 2 aromatic carbocycles. The molecule has 0 aliphatic heterocycles. The fourth-order valence-electron chi connectivity index (χ4n) is 6.16. The fraction of sp³-hybridized carbons (Fsp3) is 0.576. The van der Waals surface area contributed by atoms with Gasteiger partial charge in [0.25, 0.3) is 0 Å². The zero-order chi connectivity index (χ0) is 28.5. The van der Waals surface area contributed by atoms with E-state index in [-0.39, 0.29) is 17.7 Å². The summed E-state index contributed by atoms with van der Waals surface area (Å²) >= 11 is 1.81. The standard InChI is InChI=1S/C33H45FN2O3S/c1-23(2)32-25(15-14-24-21-26(34)16-17-27(24)32)22-39-29(33(37)38)18-20-36(3)19-10-6-4-5-7-13-31-35-28-11-8-9-12-30(28)40-31/h8-9,11-12,16-17,21,23,25,29,32H,4-7,10,13-15,18-20,22H2,1-3H3,(H,37,38)/t25?,29-,32-/m0/s1. The van der Waals surface area contributed by atoms with Gasteiger partial charge < -0.3 is 14.7 Å². The van der Waals surface area contributed by atoms with E-state index < -0.39 is 12.1 Å². The van der Waals surface area contributed by atoms with Crippen LogP contribution in [0.15, 0.2) is 42.5 Å². The highest BCUT2D eigenvalue weighted by Crippen LogP contribution is 2.41. The van der Waals surface area contributed by atoms with Crippen LogP contribution in [0.3, 0.4) is 0 Å². The minimum absolute atomic E-state index is 0.188. The molecule has 0 saturated heterocycles. The first-order valence-electron chi connectivity index (χ1n) is 15.0. The lowest BCUT2D eigenvalue weighted by atomic mass is 9.70. The number of carboxylic acids is 1. The van der Waals surface area contributed by atoms with Crippen molar-refractivity contribution >= 4 is 27.5 Å². The van der Waals surface area contributed by atoms with Gasteiger partial charge in [-0.3, -0.25) is 0 Å². The van der Waals surface area contributed by atoms with Crippen molar-refractivity contribution in [2.24, 2.45) is 11.8 Å². The molecule has 3 aromatic rings. The molecule has 1 aliphatic rings. The number of ether oxygens (including phenoxy) is 1. The number of aliphatic carboxylic acids is 1. The van der Waals surface area contributed by atoms with Crippen molar-refractivity contribution in [3.05, 3.63) is 64.4 Å². The van der Waals surface area contributed by atoms with Crippen molar-refractivity contribution in [1.82, 2.24) is 9.88 Å². The van der Waals surface area contributed by atoms with Crippen LogP contribution < -0.4 is 0 Å². The Morgan fingerprint density at radius 1 is 1.12 bits per heavy atom. The molecule has 7 heteroatoms. The van der Waals surface area contributed by atoms with Crippen molar-refractivity contribution < 1.29 is 19.0 Å². The average molecular weight is 569 g/mol. The van der Waals surface area contributed by atoms with Gasteiger partial charge in [0.15, 0.2) is 6.10 Å². The highest BCUT2D eigenvalue weighted by Gasteiger charge is 2.33. The summed E-state index contributed by atoms with van der Waals surface area (Å²) < 4.78 is 21.1. The van der Waals surface area contributed by atoms with Crippen LogP contribution in [-0.2, 0) is 22.4 Å². The van der Waals surface area contributed by atoms with Gasteiger partial charge in [0.2, 0.25) is 0 Å². The largest absolute Gasteiger partial charge is 0.479 e. The summed E-state index contributed by atoms with van der Waals surface area (Å²) in [6, 6.07) is 13.4. The molecule has 1 N–H and O–H groups in total. The van der Waals surface area contributed by atoms with Gasteiger partial charge in [0, 0.05) is 6.54 Å². The van der Waals surface area contributed by atoms with E-state index >= 15 is 0 Å². The Kier molecular flexibility index (Phi) is 11.5. The number of nitrogens with zero attached hydrogens (tertiary/aromatic N) is 2. The van der Waals surface area contributed by atoms with Crippen molar-refractivity contribution in [1.29, 1.82) is 0 Å². The quantitative estimate of drug-likeness (QED) is 0.179. The third-order valence-corrected chi connectivity index (χ3v) is 9.40. The molecule has 0 amide bonds. The highest BCUT2D eigenvalue weighted by molar-refractivity contribution is 7.18. The molecule has 5 nitrogen and oxygen atoms in total. The molecular formula is C33H45FN2O3S. The van der Waals surface area contributed by atoms with E-state index in [1.807, 2.05) is 23.5 Å². The number of para-hydroxylation sites is 1. The minimum Gasteiger partial charge on any atom is -0.479 e. The average Bonchev–Trinajstić information content (AvgIpc) is 3.34. The first kappa shape index (κ1) is 30.6. The van der Waals surface area contributed by atoms with Crippen LogP contribution in [0.4, 0.5) is 4.39 Å². The zero-order valence-electron chi connectivity index (χ0n) is 24.3. The second-order valence-corrected chi connectivity index (χ2v) is 12.9. The summed E-state index contributed by atoms with van der Waals surface area (Å²) in [7, 11) is 2.07. The normalized spacial score (nSPS) is 17.9. The lowest BCUT2D eigenvalue weighted by Crippen LogP contribution is -2.34. The second-order valence-electron chi connectivity index (χ2n) is 11.8. The Hall–Kier alpha value is -2.35. The number of thiazole rings is 1. The lowest BCUT2D eigenvalue weighted by molar-refractivity contribution is -0.152. The summed E-state index contributed by atoms with van der Waals surface area (Å²) in [6.45, 7) is 6.47. The predicted molar refractivity (Wildman–Crippen MR) is 162 cm³/mol. The molecule has 1 heterocycles. The fourth-order valence-corrected chi connectivity index (χ4v) is 7.17. The maximum atomic E-state index is 13.8. The van der Waals surface area contributed by atoms with Crippen LogP contribution in [0.1, 0.15) is 80.8 Å². The third kappa shape index (κ3) is 8.58. The Labute approximate surface area is 242 Å². The molecule has 1 aromatic heterocycles. The molecule has 0 radical (unpaired) electrons. The molecule has 0 fully saturated rings. The molecular weight excluding hydrogens is 523 g/mol. The summed E-state index contributed by atoms with van der Waals surface area (Å²) in [5.41, 5.74) is 3.39. The van der Waals surface area contributed by atoms with E-state index in [9.17, 15) is 14.3 Å². The van der Waals surface area contributed by atoms with Crippen LogP contribution in [0.25, 0.3) is 10.2 Å². The molecule has 0 bridgehead atoms. The van der Waals surface area contributed by atoms with E-state index in [1.165, 1.54) is 47.0 Å². The number of aromatic nitrogens is 1. The SMILES string of the molecule is CC(C)[C@@H]1c2ccc(F)cc2CCC1CO[C@@H](CCN(C)CCCCCCCc1nc2ccccc2s1)C(=O)O. The van der Waals surface area contributed by atoms with Crippen LogP contribution in [0.5, 0.6) is 0 Å². The first-order chi connectivity index (χ1) is 19.3. The van der Waals surface area contributed by atoms with Crippen molar-refractivity contribution in [2.45, 2.75) is 83.7 Å². The Balaban J connectivity index is 1.12. The van der Waals surface area contributed by atoms with Gasteiger partial charge in [-0.25, -0.2) is 14.2 Å². The number of carboxylic acid groups (broad SMARTS) is 1. The van der Waals surface area contributed by atoms with Gasteiger partial charge in [-0.05, 0) is 105 Å². The summed E-state index contributed by atoms with van der Waals surface area (Å²) in [5, 5.41) is 11.0. The van der Waals surface area contributed by atoms with Crippen LogP contribution in [0.2, 0.25) is 0 Å². The maximum Gasteiger partial charge on any atom is 0.332 e. The molecule has 218 valence electrons. The summed E-state index contributed by atoms with van der Waals surface area (Å²) in [6.07, 6.45) is 8.36. The van der Waals surface area contributed by atoms with Gasteiger partial charge in [0.05, 0.1) is 21.8 Å². The number of hydrogen-bond donors (Lipinski definition) is 1. The van der Waals surface area contributed by atoms with Crippen molar-refractivity contribution in [3.63, 3.8) is 0 Å². The predicted octanol–water partition coefficient (Wildman–Crippen LogP) is 7.72. The maximum absolute atomic E-state index is 13.8. The first-order valence-corrected chi connectivity index (χ1v) is 15.8. The van der Waals surface area contributed by atoms with Gasteiger partial charge in [-0.1, -0.05) is 51.3 Å². The van der Waals surface area contributed by atoms with Gasteiger partial charge >= 0.3 is 5.97 Å². The summed E-state index contributed by atoms with van der Waals surface area (Å²) in [5.74, 6) is -0.206. The number of rotatable bonds is 16. The number of halogens is 1. The lowest BCUT2D eigenvalue weighted by Gasteiger charge is -2.36. The number of aryl methyl sites for hydroxylation is 2. The molecule has 1 unspecified atom stereocenters. The topological polar surface area (TPSA) is 62.7 Å². The van der Waals surface area contributed by atoms with Crippen LogP contribution in [0, 0.1) is 17.7 Å². The molecule has 0 spiro atoms. The molecule has 3 atom stereocenters. The summed E-state index contributed by atoms with van der Waals surface area (Å²) in [4.78, 5) is 18.9. The number of benzene rings is 2.